The second-order valence-electron chi connectivity index (χ2n) is 4.41. The molecular weight excluding hydrogens is 242 g/mol. The Balaban J connectivity index is 1.82. The van der Waals surface area contributed by atoms with E-state index >= 15 is 0 Å². The van der Waals surface area contributed by atoms with Gasteiger partial charge in [0.05, 0.1) is 17.6 Å². The van der Waals surface area contributed by atoms with Gasteiger partial charge in [-0.15, -0.1) is 0 Å². The Morgan fingerprint density at radius 3 is 2.79 bits per heavy atom. The molecule has 6 heteroatoms. The summed E-state index contributed by atoms with van der Waals surface area (Å²) < 4.78 is 1.62. The maximum atomic E-state index is 12.1. The molecular formula is C13H15N5O. The highest BCUT2D eigenvalue weighted by Crippen LogP contribution is 2.25. The number of rotatable bonds is 2. The average Bonchev–Trinajstić information content (AvgIpc) is 2.84. The third-order valence-electron chi connectivity index (χ3n) is 3.10. The van der Waals surface area contributed by atoms with E-state index in [4.69, 9.17) is 0 Å². The molecule has 2 heterocycles. The molecule has 1 aromatic carbocycles. The van der Waals surface area contributed by atoms with E-state index in [0.29, 0.717) is 11.4 Å². The number of hydrogen-bond donors (Lipinski definition) is 3. The second kappa shape index (κ2) is 4.64. The molecule has 19 heavy (non-hydrogen) atoms. The van der Waals surface area contributed by atoms with Crippen molar-refractivity contribution in [2.24, 2.45) is 7.05 Å². The van der Waals surface area contributed by atoms with Crippen molar-refractivity contribution < 1.29 is 4.79 Å². The molecule has 2 aromatic rings. The monoisotopic (exact) mass is 257 g/mol. The Morgan fingerprint density at radius 1 is 1.26 bits per heavy atom. The molecule has 6 nitrogen and oxygen atoms in total. The molecule has 1 amide bonds. The second-order valence-corrected chi connectivity index (χ2v) is 4.41. The summed E-state index contributed by atoms with van der Waals surface area (Å²) in [6.45, 7) is 1.76. The summed E-state index contributed by atoms with van der Waals surface area (Å²) in [5.74, 6) is 0.535. The Hall–Kier alpha value is -2.50. The first kappa shape index (κ1) is 11.6. The molecule has 0 saturated heterocycles. The Labute approximate surface area is 110 Å². The first-order valence-corrected chi connectivity index (χ1v) is 6.15. The SMILES string of the molecule is Cn1nccc1NC(=O)c1ccc2c(c1)NCCN2. The maximum Gasteiger partial charge on any atom is 0.256 e. The zero-order valence-electron chi connectivity index (χ0n) is 10.6. The van der Waals surface area contributed by atoms with E-state index in [1.807, 2.05) is 18.2 Å². The maximum absolute atomic E-state index is 12.1. The van der Waals surface area contributed by atoms with Crippen LogP contribution in [-0.4, -0.2) is 28.8 Å². The van der Waals surface area contributed by atoms with Gasteiger partial charge in [0.2, 0.25) is 0 Å². The van der Waals surface area contributed by atoms with Crippen molar-refractivity contribution in [3.05, 3.63) is 36.0 Å². The normalized spacial score (nSPS) is 13.1. The lowest BCUT2D eigenvalue weighted by Gasteiger charge is -2.20. The molecule has 0 bridgehead atoms. The minimum absolute atomic E-state index is 0.140. The van der Waals surface area contributed by atoms with Crippen molar-refractivity contribution in [3.63, 3.8) is 0 Å². The fourth-order valence-corrected chi connectivity index (χ4v) is 2.07. The quantitative estimate of drug-likeness (QED) is 0.762. The summed E-state index contributed by atoms with van der Waals surface area (Å²) >= 11 is 0. The molecule has 0 fully saturated rings. The highest BCUT2D eigenvalue weighted by Gasteiger charge is 2.13. The molecule has 0 aliphatic carbocycles. The third kappa shape index (κ3) is 2.24. The number of anilines is 3. The van der Waals surface area contributed by atoms with Crippen LogP contribution in [0, 0.1) is 0 Å². The van der Waals surface area contributed by atoms with Crippen LogP contribution >= 0.6 is 0 Å². The van der Waals surface area contributed by atoms with Crippen molar-refractivity contribution in [2.45, 2.75) is 0 Å². The van der Waals surface area contributed by atoms with Crippen molar-refractivity contribution in [3.8, 4) is 0 Å². The van der Waals surface area contributed by atoms with Gasteiger partial charge in [-0.25, -0.2) is 0 Å². The van der Waals surface area contributed by atoms with Gasteiger partial charge in [0.25, 0.3) is 5.91 Å². The summed E-state index contributed by atoms with van der Waals surface area (Å²) in [7, 11) is 1.79. The molecule has 3 rings (SSSR count). The van der Waals surface area contributed by atoms with Crippen molar-refractivity contribution in [1.82, 2.24) is 9.78 Å². The van der Waals surface area contributed by atoms with E-state index in [1.54, 1.807) is 24.0 Å². The van der Waals surface area contributed by atoms with Gasteiger partial charge in [-0.3, -0.25) is 9.48 Å². The van der Waals surface area contributed by atoms with Crippen LogP contribution in [-0.2, 0) is 7.05 Å². The van der Waals surface area contributed by atoms with E-state index < -0.39 is 0 Å². The minimum Gasteiger partial charge on any atom is -0.382 e. The number of fused-ring (bicyclic) bond motifs is 1. The van der Waals surface area contributed by atoms with Gasteiger partial charge in [-0.1, -0.05) is 0 Å². The molecule has 98 valence electrons. The lowest BCUT2D eigenvalue weighted by Crippen LogP contribution is -2.21. The van der Waals surface area contributed by atoms with E-state index in [-0.39, 0.29) is 5.91 Å². The lowest BCUT2D eigenvalue weighted by atomic mass is 10.1. The standard InChI is InChI=1S/C13H15N5O/c1-18-12(4-5-16-18)17-13(19)9-2-3-10-11(8-9)15-7-6-14-10/h2-5,8,14-15H,6-7H2,1H3,(H,17,19). The molecule has 0 saturated carbocycles. The van der Waals surface area contributed by atoms with Gasteiger partial charge in [0, 0.05) is 31.8 Å². The van der Waals surface area contributed by atoms with Gasteiger partial charge in [-0.05, 0) is 18.2 Å². The summed E-state index contributed by atoms with van der Waals surface area (Å²) in [4.78, 5) is 12.1. The number of carbonyl (C=O) groups excluding carboxylic acids is 1. The largest absolute Gasteiger partial charge is 0.382 e. The van der Waals surface area contributed by atoms with Crippen molar-refractivity contribution in [1.29, 1.82) is 0 Å². The summed E-state index contributed by atoms with van der Waals surface area (Å²) in [6.07, 6.45) is 1.65. The van der Waals surface area contributed by atoms with Gasteiger partial charge >= 0.3 is 0 Å². The summed E-state index contributed by atoms with van der Waals surface area (Å²) in [6, 6.07) is 7.34. The summed E-state index contributed by atoms with van der Waals surface area (Å²) in [5.41, 5.74) is 2.61. The molecule has 0 spiro atoms. The third-order valence-corrected chi connectivity index (χ3v) is 3.10. The number of aromatic nitrogens is 2. The lowest BCUT2D eigenvalue weighted by molar-refractivity contribution is 0.102. The molecule has 1 aliphatic heterocycles. The number of benzene rings is 1. The first-order valence-electron chi connectivity index (χ1n) is 6.15. The zero-order valence-corrected chi connectivity index (χ0v) is 10.6. The van der Waals surface area contributed by atoms with Gasteiger partial charge in [0.15, 0.2) is 0 Å². The van der Waals surface area contributed by atoms with Crippen LogP contribution < -0.4 is 16.0 Å². The fraction of sp³-hybridized carbons (Fsp3) is 0.231. The van der Waals surface area contributed by atoms with Crippen molar-refractivity contribution in [2.75, 3.05) is 29.0 Å². The van der Waals surface area contributed by atoms with Crippen LogP contribution in [0.4, 0.5) is 17.2 Å². The van der Waals surface area contributed by atoms with Gasteiger partial charge < -0.3 is 16.0 Å². The molecule has 1 aromatic heterocycles. The zero-order chi connectivity index (χ0) is 13.2. The van der Waals surface area contributed by atoms with Crippen LogP contribution in [0.3, 0.4) is 0 Å². The highest BCUT2D eigenvalue weighted by atomic mass is 16.1. The van der Waals surface area contributed by atoms with Crippen molar-refractivity contribution >= 4 is 23.1 Å². The Kier molecular flexibility index (Phi) is 2.83. The van der Waals surface area contributed by atoms with Gasteiger partial charge in [0.1, 0.15) is 5.82 Å². The number of amides is 1. The number of nitrogens with zero attached hydrogens (tertiary/aromatic N) is 2. The van der Waals surface area contributed by atoms with E-state index in [0.717, 1.165) is 24.5 Å². The van der Waals surface area contributed by atoms with E-state index in [2.05, 4.69) is 21.0 Å². The smallest absolute Gasteiger partial charge is 0.256 e. The van der Waals surface area contributed by atoms with Crippen LogP contribution in [0.25, 0.3) is 0 Å². The molecule has 3 N–H and O–H groups in total. The van der Waals surface area contributed by atoms with E-state index in [9.17, 15) is 4.79 Å². The minimum atomic E-state index is -0.140. The highest BCUT2D eigenvalue weighted by molar-refractivity contribution is 6.05. The van der Waals surface area contributed by atoms with Gasteiger partial charge in [-0.2, -0.15) is 5.10 Å². The fourth-order valence-electron chi connectivity index (χ4n) is 2.07. The van der Waals surface area contributed by atoms with Crippen LogP contribution in [0.1, 0.15) is 10.4 Å². The predicted molar refractivity (Wildman–Crippen MR) is 74.6 cm³/mol. The number of nitrogens with one attached hydrogen (secondary N) is 3. The van der Waals surface area contributed by atoms with Crippen LogP contribution in [0.15, 0.2) is 30.5 Å². The predicted octanol–water partition coefficient (Wildman–Crippen LogP) is 1.51. The Morgan fingerprint density at radius 2 is 2.05 bits per heavy atom. The number of aryl methyl sites for hydroxylation is 1. The summed E-state index contributed by atoms with van der Waals surface area (Å²) in [5, 5.41) is 13.4. The molecule has 0 radical (unpaired) electrons. The van der Waals surface area contributed by atoms with Crippen LogP contribution in [0.2, 0.25) is 0 Å². The Bertz CT molecular complexity index is 619. The van der Waals surface area contributed by atoms with E-state index in [1.165, 1.54) is 0 Å². The number of carbonyl (C=O) groups is 1. The topological polar surface area (TPSA) is 71.0 Å². The molecule has 0 atom stereocenters. The first-order chi connectivity index (χ1) is 9.24. The molecule has 0 unspecified atom stereocenters. The average molecular weight is 257 g/mol. The molecule has 1 aliphatic rings. The number of hydrogen-bond acceptors (Lipinski definition) is 4. The van der Waals surface area contributed by atoms with Crippen LogP contribution in [0.5, 0.6) is 0 Å².